The molecule has 0 atom stereocenters. The smallest absolute Gasteiger partial charge is 0.194 e. The van der Waals surface area contributed by atoms with Crippen molar-refractivity contribution in [1.82, 2.24) is 20.0 Å². The summed E-state index contributed by atoms with van der Waals surface area (Å²) in [6.45, 7) is 4.07. The molecule has 0 bridgehead atoms. The highest BCUT2D eigenvalue weighted by molar-refractivity contribution is 14.0. The van der Waals surface area contributed by atoms with Crippen LogP contribution in [-0.4, -0.2) is 59.0 Å². The van der Waals surface area contributed by atoms with Gasteiger partial charge in [0.05, 0.1) is 11.4 Å². The Morgan fingerprint density at radius 1 is 1.07 bits per heavy atom. The first-order valence-corrected chi connectivity index (χ1v) is 9.82. The van der Waals surface area contributed by atoms with Crippen LogP contribution in [0.15, 0.2) is 72.0 Å². The normalized spacial score (nSPS) is 14.4. The van der Waals surface area contributed by atoms with Crippen LogP contribution in [0.1, 0.15) is 5.56 Å². The lowest BCUT2D eigenvalue weighted by Gasteiger charge is -2.37. The van der Waals surface area contributed by atoms with Gasteiger partial charge < -0.3 is 20.2 Å². The van der Waals surface area contributed by atoms with Gasteiger partial charge in [0.25, 0.3) is 0 Å². The van der Waals surface area contributed by atoms with Crippen LogP contribution in [-0.2, 0) is 6.54 Å². The van der Waals surface area contributed by atoms with Gasteiger partial charge in [0.15, 0.2) is 5.96 Å². The molecule has 158 valence electrons. The van der Waals surface area contributed by atoms with E-state index in [-0.39, 0.29) is 24.0 Å². The highest BCUT2D eigenvalue weighted by Crippen LogP contribution is 2.27. The number of benzene rings is 2. The summed E-state index contributed by atoms with van der Waals surface area (Å²) >= 11 is 0. The predicted octanol–water partition coefficient (Wildman–Crippen LogP) is 3.09. The minimum Gasteiger partial charge on any atom is -0.506 e. The molecule has 0 unspecified atom stereocenters. The molecule has 30 heavy (non-hydrogen) atoms. The predicted molar refractivity (Wildman–Crippen MR) is 131 cm³/mol. The first-order valence-electron chi connectivity index (χ1n) is 9.82. The van der Waals surface area contributed by atoms with Crippen molar-refractivity contribution in [2.24, 2.45) is 4.99 Å². The largest absolute Gasteiger partial charge is 0.506 e. The molecular weight excluding hydrogens is 491 g/mol. The van der Waals surface area contributed by atoms with E-state index in [1.165, 1.54) is 5.56 Å². The highest BCUT2D eigenvalue weighted by atomic mass is 127. The fraction of sp³-hybridized carbons (Fsp3) is 0.273. The van der Waals surface area contributed by atoms with Crippen molar-refractivity contribution in [1.29, 1.82) is 0 Å². The molecule has 1 fully saturated rings. The number of para-hydroxylation sites is 2. The molecule has 0 spiro atoms. The lowest BCUT2D eigenvalue weighted by molar-refractivity contribution is 0.369. The SMILES string of the molecule is CN=C(NCc1cccc(-n2cccn2)c1)N1CCN(c2ccccc2O)CC1.I. The summed E-state index contributed by atoms with van der Waals surface area (Å²) in [5.41, 5.74) is 3.11. The van der Waals surface area contributed by atoms with Gasteiger partial charge in [-0.2, -0.15) is 5.10 Å². The summed E-state index contributed by atoms with van der Waals surface area (Å²) in [5, 5.41) is 17.9. The number of anilines is 1. The molecule has 3 aromatic rings. The van der Waals surface area contributed by atoms with Gasteiger partial charge in [-0.05, 0) is 35.9 Å². The second kappa shape index (κ2) is 10.3. The molecule has 0 amide bonds. The van der Waals surface area contributed by atoms with Gasteiger partial charge in [0.2, 0.25) is 0 Å². The number of nitrogens with zero attached hydrogens (tertiary/aromatic N) is 5. The van der Waals surface area contributed by atoms with Gasteiger partial charge in [-0.3, -0.25) is 4.99 Å². The Kier molecular flexibility index (Phi) is 7.56. The number of aromatic hydroxyl groups is 1. The number of hydrogen-bond donors (Lipinski definition) is 2. The van der Waals surface area contributed by atoms with E-state index in [0.29, 0.717) is 12.3 Å². The Bertz CT molecular complexity index is 967. The van der Waals surface area contributed by atoms with Crippen molar-refractivity contribution in [3.05, 3.63) is 72.6 Å². The van der Waals surface area contributed by atoms with E-state index in [0.717, 1.165) is 43.5 Å². The molecule has 0 aliphatic carbocycles. The number of rotatable bonds is 4. The Labute approximate surface area is 194 Å². The van der Waals surface area contributed by atoms with Gasteiger partial charge in [-0.25, -0.2) is 4.68 Å². The van der Waals surface area contributed by atoms with Crippen LogP contribution in [0.25, 0.3) is 5.69 Å². The summed E-state index contributed by atoms with van der Waals surface area (Å²) in [4.78, 5) is 8.93. The van der Waals surface area contributed by atoms with Crippen LogP contribution in [0, 0.1) is 0 Å². The first-order chi connectivity index (χ1) is 14.2. The molecule has 0 saturated carbocycles. The standard InChI is InChI=1S/C22H26N6O.HI/c1-23-22(24-17-18-6-4-7-19(16-18)28-11-5-10-25-28)27-14-12-26(13-15-27)20-8-2-3-9-21(20)29;/h2-11,16,29H,12-15,17H2,1H3,(H,23,24);1H. The Morgan fingerprint density at radius 2 is 1.87 bits per heavy atom. The third-order valence-electron chi connectivity index (χ3n) is 5.14. The molecule has 8 heteroatoms. The number of piperazine rings is 1. The van der Waals surface area contributed by atoms with E-state index >= 15 is 0 Å². The van der Waals surface area contributed by atoms with Crippen molar-refractivity contribution in [2.45, 2.75) is 6.54 Å². The molecule has 4 rings (SSSR count). The molecule has 7 nitrogen and oxygen atoms in total. The molecule has 2 heterocycles. The fourth-order valence-corrected chi connectivity index (χ4v) is 3.63. The maximum Gasteiger partial charge on any atom is 0.194 e. The summed E-state index contributed by atoms with van der Waals surface area (Å²) in [6, 6.07) is 17.7. The molecular formula is C22H27IN6O. The molecule has 0 radical (unpaired) electrons. The molecule has 2 N–H and O–H groups in total. The minimum atomic E-state index is 0. The Balaban J connectivity index is 0.00000256. The minimum absolute atomic E-state index is 0. The van der Waals surface area contributed by atoms with Crippen LogP contribution in [0.2, 0.25) is 0 Å². The van der Waals surface area contributed by atoms with Crippen molar-refractivity contribution >= 4 is 35.6 Å². The lowest BCUT2D eigenvalue weighted by Crippen LogP contribution is -2.52. The average Bonchev–Trinajstić information content (AvgIpc) is 3.30. The van der Waals surface area contributed by atoms with Gasteiger partial charge in [-0.1, -0.05) is 24.3 Å². The number of guanidine groups is 1. The second-order valence-electron chi connectivity index (χ2n) is 6.98. The molecule has 2 aromatic carbocycles. The van der Waals surface area contributed by atoms with Gasteiger partial charge >= 0.3 is 0 Å². The first kappa shape index (κ1) is 21.9. The van der Waals surface area contributed by atoms with Crippen LogP contribution >= 0.6 is 24.0 Å². The van der Waals surface area contributed by atoms with Crippen molar-refractivity contribution in [3.8, 4) is 11.4 Å². The third-order valence-corrected chi connectivity index (χ3v) is 5.14. The fourth-order valence-electron chi connectivity index (χ4n) is 3.63. The molecule has 1 saturated heterocycles. The lowest BCUT2D eigenvalue weighted by atomic mass is 10.2. The molecule has 1 aliphatic heterocycles. The summed E-state index contributed by atoms with van der Waals surface area (Å²) < 4.78 is 1.86. The third kappa shape index (κ3) is 5.05. The quantitative estimate of drug-likeness (QED) is 0.316. The van der Waals surface area contributed by atoms with E-state index in [9.17, 15) is 5.11 Å². The summed E-state index contributed by atoms with van der Waals surface area (Å²) in [5.74, 6) is 1.23. The second-order valence-corrected chi connectivity index (χ2v) is 6.98. The van der Waals surface area contributed by atoms with Crippen molar-refractivity contribution in [3.63, 3.8) is 0 Å². The van der Waals surface area contributed by atoms with Crippen LogP contribution in [0.4, 0.5) is 5.69 Å². The zero-order valence-corrected chi connectivity index (χ0v) is 19.3. The molecule has 1 aliphatic rings. The van der Waals surface area contributed by atoms with E-state index in [4.69, 9.17) is 0 Å². The van der Waals surface area contributed by atoms with E-state index in [2.05, 4.69) is 37.3 Å². The van der Waals surface area contributed by atoms with E-state index in [1.54, 1.807) is 12.3 Å². The summed E-state index contributed by atoms with van der Waals surface area (Å²) in [7, 11) is 1.82. The number of aliphatic imine (C=N–C) groups is 1. The van der Waals surface area contributed by atoms with Crippen molar-refractivity contribution in [2.75, 3.05) is 38.1 Å². The average molecular weight is 518 g/mol. The number of aromatic nitrogens is 2. The zero-order chi connectivity index (χ0) is 20.1. The van der Waals surface area contributed by atoms with Crippen molar-refractivity contribution < 1.29 is 5.11 Å². The maximum absolute atomic E-state index is 10.1. The Hall–Kier alpha value is -2.75. The van der Waals surface area contributed by atoms with E-state index < -0.39 is 0 Å². The van der Waals surface area contributed by atoms with Gasteiger partial charge in [-0.15, -0.1) is 24.0 Å². The number of halogens is 1. The number of nitrogens with one attached hydrogen (secondary N) is 1. The van der Waals surface area contributed by atoms with E-state index in [1.807, 2.05) is 54.3 Å². The highest BCUT2D eigenvalue weighted by Gasteiger charge is 2.21. The topological polar surface area (TPSA) is 68.9 Å². The number of hydrogen-bond acceptors (Lipinski definition) is 4. The van der Waals surface area contributed by atoms with Crippen LogP contribution in [0.5, 0.6) is 5.75 Å². The Morgan fingerprint density at radius 3 is 2.57 bits per heavy atom. The zero-order valence-electron chi connectivity index (χ0n) is 17.0. The maximum atomic E-state index is 10.1. The monoisotopic (exact) mass is 518 g/mol. The molecule has 1 aromatic heterocycles. The summed E-state index contributed by atoms with van der Waals surface area (Å²) in [6.07, 6.45) is 3.72. The van der Waals surface area contributed by atoms with Gasteiger partial charge in [0.1, 0.15) is 5.75 Å². The van der Waals surface area contributed by atoms with Crippen LogP contribution in [0.3, 0.4) is 0 Å². The number of phenols is 1. The van der Waals surface area contributed by atoms with Crippen LogP contribution < -0.4 is 10.2 Å². The van der Waals surface area contributed by atoms with Gasteiger partial charge in [0, 0.05) is 52.2 Å². The number of phenolic OH excluding ortho intramolecular Hbond substituents is 1.